The number of nitrogens with zero attached hydrogens (tertiary/aromatic N) is 2. The molecule has 59 heavy (non-hydrogen) atoms. The third kappa shape index (κ3) is 5.93. The van der Waals surface area contributed by atoms with Gasteiger partial charge in [-0.05, 0) is 111 Å². The maximum absolute atomic E-state index is 2.52. The van der Waals surface area contributed by atoms with Crippen LogP contribution in [0.3, 0.4) is 0 Å². The predicted molar refractivity (Wildman–Crippen MR) is 250 cm³/mol. The van der Waals surface area contributed by atoms with Crippen LogP contribution < -0.4 is 4.90 Å². The number of hydrogen-bond donors (Lipinski definition) is 0. The second kappa shape index (κ2) is 14.2. The highest BCUT2D eigenvalue weighted by atomic mass is 15.2. The van der Waals surface area contributed by atoms with Crippen molar-refractivity contribution in [3.05, 3.63) is 223 Å². The molecular weight excluding hydrogens is 713 g/mol. The summed E-state index contributed by atoms with van der Waals surface area (Å²) in [5.74, 6) is 0.263. The molecule has 0 N–H and O–H groups in total. The van der Waals surface area contributed by atoms with E-state index in [-0.39, 0.29) is 17.4 Å². The van der Waals surface area contributed by atoms with E-state index in [1.165, 1.54) is 89.0 Å². The van der Waals surface area contributed by atoms with Gasteiger partial charge in [0.15, 0.2) is 0 Å². The van der Waals surface area contributed by atoms with Crippen LogP contribution >= 0.6 is 0 Å². The van der Waals surface area contributed by atoms with E-state index in [4.69, 9.17) is 0 Å². The van der Waals surface area contributed by atoms with E-state index in [1.54, 1.807) is 0 Å². The Morgan fingerprint density at radius 1 is 0.542 bits per heavy atom. The first kappa shape index (κ1) is 35.3. The molecule has 2 heteroatoms. The molecule has 2 atom stereocenters. The van der Waals surface area contributed by atoms with Crippen LogP contribution in [0.1, 0.15) is 37.8 Å². The van der Waals surface area contributed by atoms with Crippen molar-refractivity contribution in [2.45, 2.75) is 38.1 Å². The van der Waals surface area contributed by atoms with Crippen molar-refractivity contribution in [1.29, 1.82) is 0 Å². The standard InChI is InChI=1S/C57H46N2/c1-57(2)52-20-10-6-17-48(52)49-37-30-43(38-53(49)57)41-26-33-45(34-27-41)58(44-31-24-40(25-32-44)39-14-4-3-5-15-39)46-35-28-42(29-36-46)47-16-7-11-21-54(47)59-55-22-12-8-18-50(55)51-19-9-13-23-56(51)59/h3-15,17-35,37-38,46-47H,16,36H2,1-2H3. The van der Waals surface area contributed by atoms with Gasteiger partial charge in [-0.1, -0.05) is 172 Å². The molecule has 0 fully saturated rings. The van der Waals surface area contributed by atoms with Gasteiger partial charge >= 0.3 is 0 Å². The summed E-state index contributed by atoms with van der Waals surface area (Å²) in [5, 5.41) is 2.60. The van der Waals surface area contributed by atoms with Gasteiger partial charge in [-0.15, -0.1) is 0 Å². The Kier molecular flexibility index (Phi) is 8.48. The number of rotatable bonds is 7. The minimum Gasteiger partial charge on any atom is -0.334 e. The van der Waals surface area contributed by atoms with Gasteiger partial charge in [-0.3, -0.25) is 0 Å². The summed E-state index contributed by atoms with van der Waals surface area (Å²) < 4.78 is 2.50. The Labute approximate surface area is 347 Å². The normalized spacial score (nSPS) is 17.7. The number of fused-ring (bicyclic) bond motifs is 6. The minimum absolute atomic E-state index is 0.0296. The summed E-state index contributed by atoms with van der Waals surface area (Å²) in [6.07, 6.45) is 16.1. The molecule has 3 aliphatic carbocycles. The molecule has 0 saturated heterocycles. The average molecular weight is 759 g/mol. The van der Waals surface area contributed by atoms with E-state index in [2.05, 4.69) is 230 Å². The van der Waals surface area contributed by atoms with Gasteiger partial charge in [0.2, 0.25) is 0 Å². The second-order valence-corrected chi connectivity index (χ2v) is 16.8. The van der Waals surface area contributed by atoms with Crippen molar-refractivity contribution in [3.63, 3.8) is 0 Å². The lowest BCUT2D eigenvalue weighted by molar-refractivity contribution is 0.660. The highest BCUT2D eigenvalue weighted by Gasteiger charge is 2.35. The molecule has 7 aromatic carbocycles. The first-order valence-electron chi connectivity index (χ1n) is 21.1. The SMILES string of the molecule is CC1(C)c2ccccc2-c2ccc(-c3ccc(N(c4ccc(-c5ccccc5)cc4)C4C=CC(C5CC=CC=C5n5c6ccccc6c6ccccc65)=CC4)cc3)cc21. The van der Waals surface area contributed by atoms with Gasteiger partial charge in [0, 0.05) is 39.2 Å². The molecule has 0 amide bonds. The third-order valence-corrected chi connectivity index (χ3v) is 13.1. The van der Waals surface area contributed by atoms with Crippen molar-refractivity contribution >= 4 is 38.9 Å². The molecule has 0 radical (unpaired) electrons. The van der Waals surface area contributed by atoms with E-state index >= 15 is 0 Å². The lowest BCUT2D eigenvalue weighted by Crippen LogP contribution is -2.30. The summed E-state index contributed by atoms with van der Waals surface area (Å²) in [4.78, 5) is 2.52. The number of allylic oxidation sites excluding steroid dienone is 6. The van der Waals surface area contributed by atoms with Crippen LogP contribution in [0.5, 0.6) is 0 Å². The number of para-hydroxylation sites is 2. The summed E-state index contributed by atoms with van der Waals surface area (Å²) in [5.41, 5.74) is 18.1. The Morgan fingerprint density at radius 3 is 1.80 bits per heavy atom. The fourth-order valence-corrected chi connectivity index (χ4v) is 10.1. The van der Waals surface area contributed by atoms with Crippen molar-refractivity contribution in [3.8, 4) is 33.4 Å². The zero-order valence-corrected chi connectivity index (χ0v) is 33.6. The van der Waals surface area contributed by atoms with Crippen molar-refractivity contribution in [1.82, 2.24) is 4.57 Å². The molecule has 8 aromatic rings. The molecule has 0 saturated carbocycles. The van der Waals surface area contributed by atoms with Crippen LogP contribution in [-0.4, -0.2) is 10.6 Å². The molecule has 2 unspecified atom stereocenters. The number of hydrogen-bond acceptors (Lipinski definition) is 1. The highest BCUT2D eigenvalue weighted by molar-refractivity contribution is 6.10. The average Bonchev–Trinajstić information content (AvgIpc) is 3.75. The maximum atomic E-state index is 2.52. The Morgan fingerprint density at radius 2 is 1.12 bits per heavy atom. The molecule has 2 nitrogen and oxygen atoms in total. The number of aromatic nitrogens is 1. The Hall–Kier alpha value is -6.90. The van der Waals surface area contributed by atoms with E-state index < -0.39 is 0 Å². The number of anilines is 2. The third-order valence-electron chi connectivity index (χ3n) is 13.1. The van der Waals surface area contributed by atoms with Gasteiger partial charge in [0.25, 0.3) is 0 Å². The first-order chi connectivity index (χ1) is 29.0. The molecule has 3 aliphatic rings. The molecule has 1 aromatic heterocycles. The van der Waals surface area contributed by atoms with Crippen LogP contribution in [0.2, 0.25) is 0 Å². The summed E-state index contributed by atoms with van der Waals surface area (Å²) in [6.45, 7) is 4.71. The van der Waals surface area contributed by atoms with Crippen LogP contribution in [0.25, 0.3) is 60.9 Å². The molecular formula is C57H46N2. The summed E-state index contributed by atoms with van der Waals surface area (Å²) in [7, 11) is 0. The van der Waals surface area contributed by atoms with E-state index in [1.807, 2.05) is 0 Å². The van der Waals surface area contributed by atoms with Crippen LogP contribution in [0.4, 0.5) is 11.4 Å². The molecule has 0 aliphatic heterocycles. The second-order valence-electron chi connectivity index (χ2n) is 16.8. The van der Waals surface area contributed by atoms with E-state index in [9.17, 15) is 0 Å². The van der Waals surface area contributed by atoms with Gasteiger partial charge in [-0.2, -0.15) is 0 Å². The Bertz CT molecular complexity index is 2950. The largest absolute Gasteiger partial charge is 0.334 e. The molecule has 0 bridgehead atoms. The monoisotopic (exact) mass is 758 g/mol. The molecule has 284 valence electrons. The lowest BCUT2D eigenvalue weighted by atomic mass is 9.81. The minimum atomic E-state index is -0.0296. The van der Waals surface area contributed by atoms with Gasteiger partial charge in [-0.25, -0.2) is 0 Å². The van der Waals surface area contributed by atoms with Crippen LogP contribution in [0, 0.1) is 5.92 Å². The summed E-state index contributed by atoms with van der Waals surface area (Å²) in [6, 6.07) is 62.8. The smallest absolute Gasteiger partial charge is 0.0560 e. The molecule has 1 heterocycles. The zero-order valence-electron chi connectivity index (χ0n) is 33.6. The van der Waals surface area contributed by atoms with Crippen molar-refractivity contribution in [2.24, 2.45) is 5.92 Å². The fraction of sp³-hybridized carbons (Fsp3) is 0.123. The van der Waals surface area contributed by atoms with Crippen molar-refractivity contribution in [2.75, 3.05) is 4.90 Å². The first-order valence-corrected chi connectivity index (χ1v) is 21.1. The fourth-order valence-electron chi connectivity index (χ4n) is 10.1. The van der Waals surface area contributed by atoms with Gasteiger partial charge in [0.05, 0.1) is 17.1 Å². The van der Waals surface area contributed by atoms with Gasteiger partial charge < -0.3 is 9.47 Å². The zero-order chi connectivity index (χ0) is 39.5. The quantitative estimate of drug-likeness (QED) is 0.157. The van der Waals surface area contributed by atoms with Crippen LogP contribution in [0.15, 0.2) is 212 Å². The van der Waals surface area contributed by atoms with E-state index in [0.717, 1.165) is 12.8 Å². The van der Waals surface area contributed by atoms with E-state index in [0.29, 0.717) is 0 Å². The predicted octanol–water partition coefficient (Wildman–Crippen LogP) is 14.9. The topological polar surface area (TPSA) is 8.17 Å². The molecule has 0 spiro atoms. The Balaban J connectivity index is 0.926. The highest BCUT2D eigenvalue weighted by Crippen LogP contribution is 2.50. The van der Waals surface area contributed by atoms with Gasteiger partial charge in [0.1, 0.15) is 0 Å². The molecule has 11 rings (SSSR count). The van der Waals surface area contributed by atoms with Crippen molar-refractivity contribution < 1.29 is 0 Å². The maximum Gasteiger partial charge on any atom is 0.0560 e. The summed E-state index contributed by atoms with van der Waals surface area (Å²) >= 11 is 0. The lowest BCUT2D eigenvalue weighted by Gasteiger charge is -2.35. The van der Waals surface area contributed by atoms with Crippen LogP contribution in [-0.2, 0) is 5.41 Å². The number of benzene rings is 7.